The van der Waals surface area contributed by atoms with Crippen molar-refractivity contribution >= 4 is 23.2 Å². The van der Waals surface area contributed by atoms with E-state index in [1.165, 1.54) is 7.11 Å². The van der Waals surface area contributed by atoms with E-state index in [0.29, 0.717) is 35.0 Å². The van der Waals surface area contributed by atoms with E-state index in [0.717, 1.165) is 11.1 Å². The molecule has 168 valence electrons. The summed E-state index contributed by atoms with van der Waals surface area (Å²) >= 11 is 6.00. The molecule has 0 saturated heterocycles. The Morgan fingerprint density at radius 1 is 1.35 bits per heavy atom. The summed E-state index contributed by atoms with van der Waals surface area (Å²) in [6.45, 7) is 6.42. The van der Waals surface area contributed by atoms with Gasteiger partial charge in [0.05, 0.1) is 24.8 Å². The maximum absolute atomic E-state index is 12.1. The summed E-state index contributed by atoms with van der Waals surface area (Å²) in [4.78, 5) is 28.2. The largest absolute Gasteiger partial charge is 0.464 e. The van der Waals surface area contributed by atoms with Gasteiger partial charge in [-0.05, 0) is 43.0 Å². The average Bonchev–Trinajstić information content (AvgIpc) is 2.74. The Balaban J connectivity index is 1.82. The number of nitrogens with zero attached hydrogens (tertiary/aromatic N) is 1. The summed E-state index contributed by atoms with van der Waals surface area (Å²) in [5.74, 6) is 0.651. The molecule has 9 heteroatoms. The first kappa shape index (κ1) is 23.0. The number of benzene rings is 1. The third-order valence-electron chi connectivity index (χ3n) is 5.00. The molecule has 2 unspecified atom stereocenters. The minimum Gasteiger partial charge on any atom is -0.464 e. The predicted octanol–water partition coefficient (Wildman–Crippen LogP) is 4.18. The lowest BCUT2D eigenvalue weighted by Crippen LogP contribution is -2.33. The van der Waals surface area contributed by atoms with E-state index < -0.39 is 6.29 Å². The average molecular weight is 451 g/mol. The lowest BCUT2D eigenvalue weighted by molar-refractivity contribution is -0.379. The van der Waals surface area contributed by atoms with E-state index in [1.54, 1.807) is 6.92 Å². The molecular formula is C22H27ClN2O6. The molecule has 0 radical (unpaired) electrons. The number of amides is 1. The number of nitrogens with one attached hydrogen (secondary N) is 1. The van der Waals surface area contributed by atoms with Gasteiger partial charge in [0.15, 0.2) is 5.76 Å². The second-order valence-corrected chi connectivity index (χ2v) is 7.73. The summed E-state index contributed by atoms with van der Waals surface area (Å²) in [7, 11) is 1.48. The lowest BCUT2D eigenvalue weighted by Gasteiger charge is -2.30. The second-order valence-electron chi connectivity index (χ2n) is 7.30. The van der Waals surface area contributed by atoms with E-state index >= 15 is 0 Å². The van der Waals surface area contributed by atoms with Crippen LogP contribution in [-0.2, 0) is 28.9 Å². The van der Waals surface area contributed by atoms with Gasteiger partial charge < -0.3 is 19.6 Å². The fourth-order valence-electron chi connectivity index (χ4n) is 3.43. The van der Waals surface area contributed by atoms with E-state index in [-0.39, 0.29) is 30.8 Å². The molecule has 2 atom stereocenters. The minimum atomic E-state index is -0.900. The molecule has 0 aliphatic carbocycles. The van der Waals surface area contributed by atoms with Crippen LogP contribution in [0.3, 0.4) is 0 Å². The monoisotopic (exact) mass is 450 g/mol. The van der Waals surface area contributed by atoms with E-state index in [2.05, 4.69) is 17.4 Å². The number of hydrogen-bond acceptors (Lipinski definition) is 7. The van der Waals surface area contributed by atoms with Crippen LogP contribution in [0.1, 0.15) is 45.1 Å². The topological polar surface area (TPSA) is 87.6 Å². The standard InChI is InChI=1S/C22H27ClN2O6/c1-5-24-19(26)11-16-12-28-25-14(3)20(16)22-29-18(21(27-4)30-31-22)10-13(2)15-6-8-17(23)9-7-15/h6-9,13,22H,5,10-12H2,1-4H3,(H,24,26). The summed E-state index contributed by atoms with van der Waals surface area (Å²) < 4.78 is 11.4. The number of halogens is 1. The fraction of sp³-hybridized carbons (Fsp3) is 0.455. The van der Waals surface area contributed by atoms with Crippen LogP contribution in [-0.4, -0.2) is 38.2 Å². The molecule has 0 saturated carbocycles. The van der Waals surface area contributed by atoms with Crippen LogP contribution in [0.2, 0.25) is 5.02 Å². The predicted molar refractivity (Wildman–Crippen MR) is 115 cm³/mol. The van der Waals surface area contributed by atoms with E-state index in [4.69, 9.17) is 35.7 Å². The van der Waals surface area contributed by atoms with Crippen LogP contribution in [0.25, 0.3) is 0 Å². The summed E-state index contributed by atoms with van der Waals surface area (Å²) in [5, 5.41) is 7.49. The Morgan fingerprint density at radius 2 is 2.10 bits per heavy atom. The first-order valence-electron chi connectivity index (χ1n) is 10.1. The highest BCUT2D eigenvalue weighted by molar-refractivity contribution is 6.30. The SMILES string of the molecule is CCNC(=O)CC1=C(C2OOC(OC)=C(CC(C)c3ccc(Cl)cc3)O2)C(C)=NOC1. The van der Waals surface area contributed by atoms with Gasteiger partial charge in [0.2, 0.25) is 5.91 Å². The molecular weight excluding hydrogens is 424 g/mol. The van der Waals surface area contributed by atoms with Crippen molar-refractivity contribution in [3.63, 3.8) is 0 Å². The second kappa shape index (κ2) is 10.5. The lowest BCUT2D eigenvalue weighted by atomic mass is 9.96. The Bertz CT molecular complexity index is 894. The quantitative estimate of drug-likeness (QED) is 0.598. The van der Waals surface area contributed by atoms with Gasteiger partial charge in [0, 0.05) is 18.0 Å². The molecule has 0 aromatic heterocycles. The number of rotatable bonds is 8. The molecule has 31 heavy (non-hydrogen) atoms. The summed E-state index contributed by atoms with van der Waals surface area (Å²) in [6.07, 6.45) is -0.240. The smallest absolute Gasteiger partial charge is 0.355 e. The summed E-state index contributed by atoms with van der Waals surface area (Å²) in [5.41, 5.74) is 3.01. The molecule has 8 nitrogen and oxygen atoms in total. The highest BCUT2D eigenvalue weighted by atomic mass is 35.5. The van der Waals surface area contributed by atoms with Crippen molar-refractivity contribution in [3.8, 4) is 0 Å². The Kier molecular flexibility index (Phi) is 7.81. The zero-order chi connectivity index (χ0) is 22.4. The Hall–Kier alpha value is -2.71. The van der Waals surface area contributed by atoms with Crippen LogP contribution in [0.4, 0.5) is 0 Å². The van der Waals surface area contributed by atoms with Gasteiger partial charge in [0.1, 0.15) is 6.61 Å². The van der Waals surface area contributed by atoms with E-state index in [1.807, 2.05) is 31.2 Å². The molecule has 2 heterocycles. The number of ether oxygens (including phenoxy) is 2. The van der Waals surface area contributed by atoms with Gasteiger partial charge in [0.25, 0.3) is 6.29 Å². The van der Waals surface area contributed by atoms with Gasteiger partial charge in [-0.15, -0.1) is 4.89 Å². The molecule has 1 aromatic rings. The fourth-order valence-corrected chi connectivity index (χ4v) is 3.56. The van der Waals surface area contributed by atoms with Crippen LogP contribution in [0.15, 0.2) is 52.3 Å². The van der Waals surface area contributed by atoms with Crippen LogP contribution < -0.4 is 5.32 Å². The first-order valence-corrected chi connectivity index (χ1v) is 10.5. The first-order chi connectivity index (χ1) is 14.9. The van der Waals surface area contributed by atoms with Crippen molar-refractivity contribution in [1.82, 2.24) is 5.32 Å². The number of oxime groups is 1. The van der Waals surface area contributed by atoms with Crippen molar-refractivity contribution in [2.24, 2.45) is 5.16 Å². The van der Waals surface area contributed by atoms with Gasteiger partial charge >= 0.3 is 5.95 Å². The van der Waals surface area contributed by atoms with Crippen molar-refractivity contribution in [2.45, 2.75) is 45.8 Å². The minimum absolute atomic E-state index is 0.105. The number of carbonyl (C=O) groups is 1. The van der Waals surface area contributed by atoms with Crippen LogP contribution >= 0.6 is 11.6 Å². The van der Waals surface area contributed by atoms with Crippen LogP contribution in [0.5, 0.6) is 0 Å². The molecule has 2 aliphatic rings. The van der Waals surface area contributed by atoms with E-state index in [9.17, 15) is 4.79 Å². The van der Waals surface area contributed by atoms with Crippen molar-refractivity contribution in [3.05, 3.63) is 57.7 Å². The molecule has 0 bridgehead atoms. The van der Waals surface area contributed by atoms with Gasteiger partial charge in [-0.25, -0.2) is 0 Å². The van der Waals surface area contributed by atoms with Gasteiger partial charge in [-0.3, -0.25) is 9.68 Å². The molecule has 1 amide bonds. The molecule has 0 spiro atoms. The zero-order valence-corrected chi connectivity index (χ0v) is 18.8. The maximum Gasteiger partial charge on any atom is 0.355 e. The number of hydrogen-bond donors (Lipinski definition) is 1. The Morgan fingerprint density at radius 3 is 2.77 bits per heavy atom. The molecule has 0 fully saturated rings. The molecule has 1 aromatic carbocycles. The number of allylic oxidation sites excluding steroid dienone is 1. The Labute approximate surface area is 186 Å². The number of methoxy groups -OCH3 is 1. The van der Waals surface area contributed by atoms with Crippen molar-refractivity contribution in [2.75, 3.05) is 20.3 Å². The highest BCUT2D eigenvalue weighted by Gasteiger charge is 2.35. The highest BCUT2D eigenvalue weighted by Crippen LogP contribution is 2.34. The van der Waals surface area contributed by atoms with Crippen molar-refractivity contribution in [1.29, 1.82) is 0 Å². The number of carbonyl (C=O) groups excluding carboxylic acids is 1. The van der Waals surface area contributed by atoms with Gasteiger partial charge in [-0.1, -0.05) is 35.8 Å². The maximum atomic E-state index is 12.1. The van der Waals surface area contributed by atoms with Crippen molar-refractivity contribution < 1.29 is 28.9 Å². The van der Waals surface area contributed by atoms with Crippen LogP contribution in [0, 0.1) is 0 Å². The zero-order valence-electron chi connectivity index (χ0n) is 18.1. The summed E-state index contributed by atoms with van der Waals surface area (Å²) in [6, 6.07) is 7.65. The van der Waals surface area contributed by atoms with Gasteiger partial charge in [-0.2, -0.15) is 0 Å². The third kappa shape index (κ3) is 5.71. The molecule has 1 N–H and O–H groups in total. The molecule has 2 aliphatic heterocycles. The third-order valence-corrected chi connectivity index (χ3v) is 5.25. The molecule has 3 rings (SSSR count). The normalized spacial score (nSPS) is 19.6.